The van der Waals surface area contributed by atoms with Crippen LogP contribution < -0.4 is 14.8 Å². The molecule has 0 aliphatic heterocycles. The van der Waals surface area contributed by atoms with Gasteiger partial charge in [-0.2, -0.15) is 0 Å². The van der Waals surface area contributed by atoms with Gasteiger partial charge in [-0.1, -0.05) is 18.3 Å². The highest BCUT2D eigenvalue weighted by molar-refractivity contribution is 7.93. The molecule has 3 aromatic rings. The van der Waals surface area contributed by atoms with Crippen LogP contribution >= 0.6 is 11.3 Å². The third kappa shape index (κ3) is 5.30. The summed E-state index contributed by atoms with van der Waals surface area (Å²) in [6.07, 6.45) is 0.683. The fourth-order valence-corrected chi connectivity index (χ4v) is 4.31. The second-order valence-electron chi connectivity index (χ2n) is 5.90. The third-order valence-electron chi connectivity index (χ3n) is 3.84. The van der Waals surface area contributed by atoms with E-state index in [1.54, 1.807) is 24.3 Å². The van der Waals surface area contributed by atoms with Crippen molar-refractivity contribution in [1.82, 2.24) is 10.2 Å². The Morgan fingerprint density at radius 3 is 2.31 bits per heavy atom. The smallest absolute Gasteiger partial charge is 0.263 e. The molecule has 0 spiro atoms. The second-order valence-corrected chi connectivity index (χ2v) is 8.64. The average Bonchev–Trinajstić information content (AvgIpc) is 3.16. The molecule has 152 valence electrons. The lowest BCUT2D eigenvalue weighted by molar-refractivity contribution is 0.102. The summed E-state index contributed by atoms with van der Waals surface area (Å²) in [7, 11) is -3.78. The number of hydrogen-bond donors (Lipinski definition) is 2. The first-order valence-corrected chi connectivity index (χ1v) is 11.2. The van der Waals surface area contributed by atoms with Crippen LogP contribution in [0.4, 0.5) is 10.8 Å². The molecule has 0 unspecified atom stereocenters. The van der Waals surface area contributed by atoms with Gasteiger partial charge >= 0.3 is 0 Å². The van der Waals surface area contributed by atoms with Crippen LogP contribution in [0.15, 0.2) is 53.4 Å². The fourth-order valence-electron chi connectivity index (χ4n) is 2.40. The Morgan fingerprint density at radius 1 is 1.03 bits per heavy atom. The maximum absolute atomic E-state index is 12.5. The number of ether oxygens (including phenoxy) is 1. The van der Waals surface area contributed by atoms with Crippen molar-refractivity contribution in [3.8, 4) is 5.75 Å². The van der Waals surface area contributed by atoms with E-state index in [1.807, 2.05) is 13.8 Å². The largest absolute Gasteiger partial charge is 0.494 e. The maximum atomic E-state index is 12.5. The Bertz CT molecular complexity index is 1080. The van der Waals surface area contributed by atoms with Gasteiger partial charge in [-0.3, -0.25) is 9.52 Å². The van der Waals surface area contributed by atoms with E-state index in [-0.39, 0.29) is 15.9 Å². The number of carbonyl (C=O) groups is 1. The van der Waals surface area contributed by atoms with Gasteiger partial charge < -0.3 is 10.1 Å². The molecule has 1 heterocycles. The van der Waals surface area contributed by atoms with E-state index in [9.17, 15) is 13.2 Å². The first-order chi connectivity index (χ1) is 13.9. The number of anilines is 2. The zero-order valence-electron chi connectivity index (χ0n) is 15.9. The second kappa shape index (κ2) is 9.01. The van der Waals surface area contributed by atoms with Crippen LogP contribution in [-0.4, -0.2) is 31.1 Å². The van der Waals surface area contributed by atoms with Crippen LogP contribution in [0.25, 0.3) is 0 Å². The first kappa shape index (κ1) is 20.7. The lowest BCUT2D eigenvalue weighted by Crippen LogP contribution is -2.14. The van der Waals surface area contributed by atoms with Crippen LogP contribution in [-0.2, 0) is 16.4 Å². The quantitative estimate of drug-likeness (QED) is 0.563. The average molecular weight is 433 g/mol. The Labute approximate surface area is 173 Å². The van der Waals surface area contributed by atoms with Crippen LogP contribution in [0, 0.1) is 0 Å². The monoisotopic (exact) mass is 432 g/mol. The molecule has 2 N–H and O–H groups in total. The lowest BCUT2D eigenvalue weighted by Gasteiger charge is -2.08. The van der Waals surface area contributed by atoms with Crippen molar-refractivity contribution in [2.75, 3.05) is 16.6 Å². The summed E-state index contributed by atoms with van der Waals surface area (Å²) in [5.74, 6) is 0.385. The number of sulfonamides is 1. The van der Waals surface area contributed by atoms with E-state index in [0.717, 1.165) is 5.01 Å². The van der Waals surface area contributed by atoms with E-state index in [4.69, 9.17) is 4.74 Å². The molecule has 29 heavy (non-hydrogen) atoms. The highest BCUT2D eigenvalue weighted by Crippen LogP contribution is 2.22. The minimum absolute atomic E-state index is 0.0600. The molecule has 2 aromatic carbocycles. The van der Waals surface area contributed by atoms with E-state index >= 15 is 0 Å². The summed E-state index contributed by atoms with van der Waals surface area (Å²) < 4.78 is 32.7. The van der Waals surface area contributed by atoms with Gasteiger partial charge in [-0.05, 0) is 61.9 Å². The number of benzene rings is 2. The molecule has 0 saturated heterocycles. The summed E-state index contributed by atoms with van der Waals surface area (Å²) in [5, 5.41) is 11.4. The van der Waals surface area contributed by atoms with Crippen molar-refractivity contribution in [3.05, 3.63) is 59.1 Å². The number of aromatic nitrogens is 2. The van der Waals surface area contributed by atoms with Crippen LogP contribution in [0.5, 0.6) is 5.75 Å². The minimum Gasteiger partial charge on any atom is -0.494 e. The number of amides is 1. The summed E-state index contributed by atoms with van der Waals surface area (Å²) in [6.45, 7) is 4.35. The predicted molar refractivity (Wildman–Crippen MR) is 112 cm³/mol. The summed E-state index contributed by atoms with van der Waals surface area (Å²) in [5.41, 5.74) is 0.946. The summed E-state index contributed by atoms with van der Waals surface area (Å²) >= 11 is 1.19. The van der Waals surface area contributed by atoms with Gasteiger partial charge in [0.1, 0.15) is 10.8 Å². The Morgan fingerprint density at radius 2 is 1.72 bits per heavy atom. The van der Waals surface area contributed by atoms with Crippen molar-refractivity contribution in [1.29, 1.82) is 0 Å². The lowest BCUT2D eigenvalue weighted by atomic mass is 10.2. The number of nitrogens with zero attached hydrogens (tertiary/aromatic N) is 2. The highest BCUT2D eigenvalue weighted by Gasteiger charge is 2.17. The van der Waals surface area contributed by atoms with Crippen molar-refractivity contribution >= 4 is 38.1 Å². The Hall–Kier alpha value is -2.98. The minimum atomic E-state index is -3.78. The molecular formula is C19H20N4O4S2. The van der Waals surface area contributed by atoms with Gasteiger partial charge in [0.15, 0.2) is 0 Å². The SMILES string of the molecule is CCOc1ccc(C(=O)Nc2ccc(S(=O)(=O)Nc3nnc(CC)s3)cc2)cc1. The Balaban J connectivity index is 1.66. The van der Waals surface area contributed by atoms with E-state index in [1.165, 1.54) is 35.6 Å². The molecule has 0 aliphatic rings. The van der Waals surface area contributed by atoms with Gasteiger partial charge in [-0.15, -0.1) is 10.2 Å². The van der Waals surface area contributed by atoms with Crippen molar-refractivity contribution in [2.45, 2.75) is 25.2 Å². The van der Waals surface area contributed by atoms with Gasteiger partial charge in [0.2, 0.25) is 5.13 Å². The van der Waals surface area contributed by atoms with Crippen molar-refractivity contribution in [2.24, 2.45) is 0 Å². The van der Waals surface area contributed by atoms with Gasteiger partial charge in [0.25, 0.3) is 15.9 Å². The Kier molecular flexibility index (Phi) is 6.45. The first-order valence-electron chi connectivity index (χ1n) is 8.90. The number of aryl methyl sites for hydroxylation is 1. The molecule has 0 fully saturated rings. The molecule has 0 aliphatic carbocycles. The van der Waals surface area contributed by atoms with Crippen LogP contribution in [0.1, 0.15) is 29.2 Å². The van der Waals surface area contributed by atoms with E-state index < -0.39 is 10.0 Å². The molecule has 0 radical (unpaired) electrons. The van der Waals surface area contributed by atoms with Crippen molar-refractivity contribution in [3.63, 3.8) is 0 Å². The van der Waals surface area contributed by atoms with E-state index in [2.05, 4.69) is 20.2 Å². The summed E-state index contributed by atoms with van der Waals surface area (Å²) in [6, 6.07) is 12.6. The highest BCUT2D eigenvalue weighted by atomic mass is 32.2. The molecular weight excluding hydrogens is 412 g/mol. The number of carbonyl (C=O) groups excluding carboxylic acids is 1. The molecule has 1 aromatic heterocycles. The topological polar surface area (TPSA) is 110 Å². The maximum Gasteiger partial charge on any atom is 0.263 e. The number of rotatable bonds is 8. The van der Waals surface area contributed by atoms with Gasteiger partial charge in [-0.25, -0.2) is 8.42 Å². The fraction of sp³-hybridized carbons (Fsp3) is 0.211. The molecule has 0 atom stereocenters. The van der Waals surface area contributed by atoms with E-state index in [0.29, 0.717) is 30.0 Å². The molecule has 10 heteroatoms. The predicted octanol–water partition coefficient (Wildman–Crippen LogP) is 3.55. The van der Waals surface area contributed by atoms with Crippen LogP contribution in [0.3, 0.4) is 0 Å². The van der Waals surface area contributed by atoms with Gasteiger partial charge in [0, 0.05) is 11.3 Å². The third-order valence-corrected chi connectivity index (χ3v) is 6.31. The molecule has 0 bridgehead atoms. The number of nitrogens with one attached hydrogen (secondary N) is 2. The van der Waals surface area contributed by atoms with Crippen LogP contribution in [0.2, 0.25) is 0 Å². The zero-order valence-corrected chi connectivity index (χ0v) is 17.5. The molecule has 3 rings (SSSR count). The standard InChI is InChI=1S/C19H20N4O4S2/c1-3-17-21-22-19(28-17)23-29(25,26)16-11-7-14(8-12-16)20-18(24)13-5-9-15(10-6-13)27-4-2/h5-12H,3-4H2,1-2H3,(H,20,24)(H,22,23). The molecule has 0 saturated carbocycles. The summed E-state index contributed by atoms with van der Waals surface area (Å²) in [4.78, 5) is 12.4. The normalized spacial score (nSPS) is 11.1. The molecule has 1 amide bonds. The van der Waals surface area contributed by atoms with Gasteiger partial charge in [0.05, 0.1) is 11.5 Å². The number of hydrogen-bond acceptors (Lipinski definition) is 7. The van der Waals surface area contributed by atoms with Crippen molar-refractivity contribution < 1.29 is 17.9 Å². The molecule has 8 nitrogen and oxygen atoms in total. The zero-order chi connectivity index (χ0) is 20.9.